The number of amides is 1. The average molecular weight is 298 g/mol. The third kappa shape index (κ3) is 3.41. The quantitative estimate of drug-likeness (QED) is 0.796. The van der Waals surface area contributed by atoms with E-state index in [4.69, 9.17) is 10.5 Å². The number of ether oxygens (including phenoxy) is 1. The van der Waals surface area contributed by atoms with Gasteiger partial charge in [0.15, 0.2) is 9.84 Å². The Balaban J connectivity index is 2.12. The zero-order valence-electron chi connectivity index (χ0n) is 11.3. The maximum Gasteiger partial charge on any atom is 0.255 e. The van der Waals surface area contributed by atoms with Gasteiger partial charge in [0, 0.05) is 17.8 Å². The molecule has 0 aliphatic carbocycles. The van der Waals surface area contributed by atoms with Crippen molar-refractivity contribution in [1.82, 2.24) is 5.32 Å². The van der Waals surface area contributed by atoms with Crippen molar-refractivity contribution < 1.29 is 17.9 Å². The van der Waals surface area contributed by atoms with Crippen molar-refractivity contribution in [2.75, 3.05) is 24.3 Å². The molecule has 0 saturated carbocycles. The van der Waals surface area contributed by atoms with Gasteiger partial charge in [0.2, 0.25) is 0 Å². The van der Waals surface area contributed by atoms with E-state index in [1.54, 1.807) is 18.2 Å². The summed E-state index contributed by atoms with van der Waals surface area (Å²) in [6, 6.07) is 4.39. The highest BCUT2D eigenvalue weighted by molar-refractivity contribution is 7.91. The minimum absolute atomic E-state index is 0.00394. The maximum atomic E-state index is 12.2. The largest absolute Gasteiger partial charge is 0.496 e. The van der Waals surface area contributed by atoms with Crippen molar-refractivity contribution in [3.63, 3.8) is 0 Å². The maximum absolute atomic E-state index is 12.2. The van der Waals surface area contributed by atoms with E-state index in [1.807, 2.05) is 0 Å². The summed E-state index contributed by atoms with van der Waals surface area (Å²) < 4.78 is 28.2. The number of sulfone groups is 1. The van der Waals surface area contributed by atoms with E-state index in [2.05, 4.69) is 5.32 Å². The fraction of sp³-hybridized carbons (Fsp3) is 0.462. The Kier molecular flexibility index (Phi) is 4.17. The average Bonchev–Trinajstić information content (AvgIpc) is 2.37. The molecule has 0 bridgehead atoms. The third-order valence-electron chi connectivity index (χ3n) is 3.27. The molecule has 1 heterocycles. The molecular weight excluding hydrogens is 280 g/mol. The Bertz CT molecular complexity index is 613. The van der Waals surface area contributed by atoms with Crippen LogP contribution < -0.4 is 15.8 Å². The summed E-state index contributed by atoms with van der Waals surface area (Å²) in [4.78, 5) is 12.2. The van der Waals surface area contributed by atoms with Gasteiger partial charge in [-0.15, -0.1) is 0 Å². The van der Waals surface area contributed by atoms with Crippen molar-refractivity contribution in [1.29, 1.82) is 0 Å². The molecule has 6 nitrogen and oxygen atoms in total. The third-order valence-corrected chi connectivity index (χ3v) is 5.09. The Morgan fingerprint density at radius 2 is 2.20 bits per heavy atom. The van der Waals surface area contributed by atoms with Crippen LogP contribution in [0.4, 0.5) is 5.69 Å². The Hall–Kier alpha value is -1.76. The van der Waals surface area contributed by atoms with Crippen LogP contribution in [0.5, 0.6) is 5.75 Å². The summed E-state index contributed by atoms with van der Waals surface area (Å²) >= 11 is 0. The van der Waals surface area contributed by atoms with Crippen LogP contribution in [-0.2, 0) is 9.84 Å². The molecule has 1 amide bonds. The monoisotopic (exact) mass is 298 g/mol. The number of benzene rings is 1. The smallest absolute Gasteiger partial charge is 0.255 e. The van der Waals surface area contributed by atoms with Crippen molar-refractivity contribution in [2.45, 2.75) is 18.9 Å². The van der Waals surface area contributed by atoms with Crippen molar-refractivity contribution in [3.8, 4) is 5.75 Å². The summed E-state index contributed by atoms with van der Waals surface area (Å²) in [5.74, 6) is 0.228. The van der Waals surface area contributed by atoms with Gasteiger partial charge in [-0.2, -0.15) is 0 Å². The van der Waals surface area contributed by atoms with Crippen LogP contribution in [0.25, 0.3) is 0 Å². The first-order valence-corrected chi connectivity index (χ1v) is 8.18. The number of methoxy groups -OCH3 is 1. The molecule has 0 radical (unpaired) electrons. The molecule has 7 heteroatoms. The van der Waals surface area contributed by atoms with Gasteiger partial charge in [0.25, 0.3) is 5.91 Å². The first kappa shape index (κ1) is 14.6. The Morgan fingerprint density at radius 1 is 1.45 bits per heavy atom. The van der Waals surface area contributed by atoms with Crippen LogP contribution in [0.2, 0.25) is 0 Å². The normalized spacial score (nSPS) is 21.1. The number of rotatable bonds is 3. The molecule has 1 aliphatic rings. The van der Waals surface area contributed by atoms with E-state index in [0.29, 0.717) is 29.8 Å². The van der Waals surface area contributed by atoms with Crippen molar-refractivity contribution >= 4 is 21.4 Å². The molecule has 20 heavy (non-hydrogen) atoms. The highest BCUT2D eigenvalue weighted by Gasteiger charge is 2.26. The number of nitrogens with two attached hydrogens (primary N) is 1. The van der Waals surface area contributed by atoms with E-state index < -0.39 is 9.84 Å². The number of anilines is 1. The van der Waals surface area contributed by atoms with Crippen LogP contribution in [0, 0.1) is 0 Å². The molecule has 1 aliphatic heterocycles. The van der Waals surface area contributed by atoms with E-state index in [9.17, 15) is 13.2 Å². The standard InChI is InChI=1S/C13H18N2O4S/c1-19-12-7-9(14)4-5-11(12)13(16)15-10-3-2-6-20(17,18)8-10/h4-5,7,10H,2-3,6,8,14H2,1H3,(H,15,16). The second-order valence-electron chi connectivity index (χ2n) is 4.89. The first-order valence-electron chi connectivity index (χ1n) is 6.36. The van der Waals surface area contributed by atoms with Crippen molar-refractivity contribution in [3.05, 3.63) is 23.8 Å². The molecule has 1 saturated heterocycles. The second-order valence-corrected chi connectivity index (χ2v) is 7.12. The Morgan fingerprint density at radius 3 is 2.85 bits per heavy atom. The molecule has 1 aromatic rings. The number of hydrogen-bond donors (Lipinski definition) is 2. The van der Waals surface area contributed by atoms with Crippen molar-refractivity contribution in [2.24, 2.45) is 0 Å². The predicted molar refractivity (Wildman–Crippen MR) is 76.5 cm³/mol. The van der Waals surface area contributed by atoms with Crippen LogP contribution in [-0.4, -0.2) is 39.0 Å². The van der Waals surface area contributed by atoms with E-state index in [1.165, 1.54) is 7.11 Å². The molecule has 1 atom stereocenters. The zero-order chi connectivity index (χ0) is 14.8. The molecule has 2 rings (SSSR count). The molecule has 1 fully saturated rings. The van der Waals surface area contributed by atoms with Crippen LogP contribution in [0.15, 0.2) is 18.2 Å². The van der Waals surface area contributed by atoms with Crippen LogP contribution in [0.3, 0.4) is 0 Å². The highest BCUT2D eigenvalue weighted by Crippen LogP contribution is 2.22. The lowest BCUT2D eigenvalue weighted by Gasteiger charge is -2.23. The zero-order valence-corrected chi connectivity index (χ0v) is 12.1. The van der Waals surface area contributed by atoms with Gasteiger partial charge in [-0.05, 0) is 25.0 Å². The second kappa shape index (κ2) is 5.70. The van der Waals surface area contributed by atoms with Gasteiger partial charge >= 0.3 is 0 Å². The molecule has 0 aromatic heterocycles. The summed E-state index contributed by atoms with van der Waals surface area (Å²) in [5.41, 5.74) is 6.48. The molecule has 110 valence electrons. The van der Waals surface area contributed by atoms with E-state index in [-0.39, 0.29) is 23.5 Å². The molecule has 1 aromatic carbocycles. The summed E-state index contributed by atoms with van der Waals surface area (Å²) in [6.07, 6.45) is 1.24. The number of nitrogen functional groups attached to an aromatic ring is 1. The fourth-order valence-corrected chi connectivity index (χ4v) is 3.93. The van der Waals surface area contributed by atoms with E-state index in [0.717, 1.165) is 0 Å². The first-order chi connectivity index (χ1) is 9.41. The summed E-state index contributed by atoms with van der Waals surface area (Å²) in [5, 5.41) is 2.75. The van der Waals surface area contributed by atoms with Gasteiger partial charge in [-0.1, -0.05) is 0 Å². The highest BCUT2D eigenvalue weighted by atomic mass is 32.2. The minimum atomic E-state index is -3.05. The molecular formula is C13H18N2O4S. The van der Waals surface area contributed by atoms with E-state index >= 15 is 0 Å². The lowest BCUT2D eigenvalue weighted by atomic mass is 10.1. The predicted octanol–water partition coefficient (Wildman–Crippen LogP) is 0.584. The SMILES string of the molecule is COc1cc(N)ccc1C(=O)NC1CCCS(=O)(=O)C1. The number of carbonyl (C=O) groups is 1. The minimum Gasteiger partial charge on any atom is -0.496 e. The molecule has 3 N–H and O–H groups in total. The van der Waals surface area contributed by atoms with Gasteiger partial charge in [0.1, 0.15) is 5.75 Å². The summed E-state index contributed by atoms with van der Waals surface area (Å²) in [7, 11) is -1.59. The van der Waals surface area contributed by atoms with Gasteiger partial charge in [0.05, 0.1) is 24.2 Å². The topological polar surface area (TPSA) is 98.5 Å². The van der Waals surface area contributed by atoms with Gasteiger partial charge in [-0.3, -0.25) is 4.79 Å². The fourth-order valence-electron chi connectivity index (χ4n) is 2.30. The van der Waals surface area contributed by atoms with Crippen LogP contribution >= 0.6 is 0 Å². The van der Waals surface area contributed by atoms with Gasteiger partial charge in [-0.25, -0.2) is 8.42 Å². The Labute approximate surface area is 118 Å². The van der Waals surface area contributed by atoms with Crippen LogP contribution in [0.1, 0.15) is 23.2 Å². The number of carbonyl (C=O) groups excluding carboxylic acids is 1. The molecule has 0 spiro atoms. The molecule has 1 unspecified atom stereocenters. The summed E-state index contributed by atoms with van der Waals surface area (Å²) in [6.45, 7) is 0. The lowest BCUT2D eigenvalue weighted by molar-refractivity contribution is 0.0935. The lowest BCUT2D eigenvalue weighted by Crippen LogP contribution is -2.43. The van der Waals surface area contributed by atoms with Gasteiger partial charge < -0.3 is 15.8 Å². The number of hydrogen-bond acceptors (Lipinski definition) is 5. The number of nitrogens with one attached hydrogen (secondary N) is 1.